The third-order valence-electron chi connectivity index (χ3n) is 3.12. The van der Waals surface area contributed by atoms with Gasteiger partial charge < -0.3 is 10.6 Å². The highest BCUT2D eigenvalue weighted by Gasteiger charge is 2.30. The predicted molar refractivity (Wildman–Crippen MR) is 64.2 cm³/mol. The SMILES string of the molecule is Cc1ccc(C(=O)N2CC(CCN)C2)cc1. The zero-order valence-corrected chi connectivity index (χ0v) is 9.65. The van der Waals surface area contributed by atoms with Crippen LogP contribution < -0.4 is 5.73 Å². The first-order chi connectivity index (χ1) is 7.70. The molecular formula is C13H18N2O. The summed E-state index contributed by atoms with van der Waals surface area (Å²) < 4.78 is 0. The minimum Gasteiger partial charge on any atom is -0.338 e. The second kappa shape index (κ2) is 4.66. The van der Waals surface area contributed by atoms with E-state index < -0.39 is 0 Å². The van der Waals surface area contributed by atoms with Gasteiger partial charge in [0.05, 0.1) is 0 Å². The molecule has 1 aromatic carbocycles. The van der Waals surface area contributed by atoms with Crippen LogP contribution >= 0.6 is 0 Å². The Morgan fingerprint density at radius 2 is 2.00 bits per heavy atom. The second-order valence-electron chi connectivity index (χ2n) is 4.52. The van der Waals surface area contributed by atoms with Crippen molar-refractivity contribution in [2.24, 2.45) is 11.7 Å². The Morgan fingerprint density at radius 1 is 1.38 bits per heavy atom. The number of likely N-dealkylation sites (tertiary alicyclic amines) is 1. The summed E-state index contributed by atoms with van der Waals surface area (Å²) in [5.41, 5.74) is 7.46. The fraction of sp³-hybridized carbons (Fsp3) is 0.462. The third kappa shape index (κ3) is 2.25. The van der Waals surface area contributed by atoms with Gasteiger partial charge in [-0.3, -0.25) is 4.79 Å². The molecule has 0 bridgehead atoms. The lowest BCUT2D eigenvalue weighted by atomic mass is 9.95. The molecule has 1 heterocycles. The van der Waals surface area contributed by atoms with E-state index in [2.05, 4.69) is 0 Å². The Bertz CT molecular complexity index is 366. The van der Waals surface area contributed by atoms with E-state index in [0.29, 0.717) is 5.92 Å². The number of aryl methyl sites for hydroxylation is 1. The summed E-state index contributed by atoms with van der Waals surface area (Å²) in [6, 6.07) is 7.75. The van der Waals surface area contributed by atoms with E-state index in [9.17, 15) is 4.79 Å². The topological polar surface area (TPSA) is 46.3 Å². The van der Waals surface area contributed by atoms with E-state index >= 15 is 0 Å². The first-order valence-electron chi connectivity index (χ1n) is 5.76. The van der Waals surface area contributed by atoms with Crippen LogP contribution in [0.1, 0.15) is 22.3 Å². The minimum atomic E-state index is 0.147. The maximum absolute atomic E-state index is 12.0. The molecule has 0 spiro atoms. The molecule has 1 aliphatic heterocycles. The molecule has 0 atom stereocenters. The van der Waals surface area contributed by atoms with E-state index in [4.69, 9.17) is 5.73 Å². The fourth-order valence-corrected chi connectivity index (χ4v) is 2.03. The van der Waals surface area contributed by atoms with Crippen molar-refractivity contribution < 1.29 is 4.79 Å². The number of hydrogen-bond acceptors (Lipinski definition) is 2. The molecule has 1 fully saturated rings. The van der Waals surface area contributed by atoms with Crippen LogP contribution in [0.4, 0.5) is 0 Å². The number of nitrogens with zero attached hydrogens (tertiary/aromatic N) is 1. The van der Waals surface area contributed by atoms with E-state index in [1.54, 1.807) is 0 Å². The monoisotopic (exact) mass is 218 g/mol. The second-order valence-corrected chi connectivity index (χ2v) is 4.52. The van der Waals surface area contributed by atoms with Gasteiger partial charge >= 0.3 is 0 Å². The quantitative estimate of drug-likeness (QED) is 0.834. The standard InChI is InChI=1S/C13H18N2O/c1-10-2-4-12(5-3-10)13(16)15-8-11(9-15)6-7-14/h2-5,11H,6-9,14H2,1H3. The Labute approximate surface area is 96.2 Å². The highest BCUT2D eigenvalue weighted by molar-refractivity contribution is 5.94. The number of amides is 1. The highest BCUT2D eigenvalue weighted by atomic mass is 16.2. The molecule has 86 valence electrons. The highest BCUT2D eigenvalue weighted by Crippen LogP contribution is 2.20. The number of carbonyl (C=O) groups excluding carboxylic acids is 1. The van der Waals surface area contributed by atoms with Gasteiger partial charge in [-0.25, -0.2) is 0 Å². The summed E-state index contributed by atoms with van der Waals surface area (Å²) >= 11 is 0. The lowest BCUT2D eigenvalue weighted by molar-refractivity contribution is 0.0490. The Kier molecular flexibility index (Phi) is 3.25. The number of carbonyl (C=O) groups is 1. The van der Waals surface area contributed by atoms with E-state index in [-0.39, 0.29) is 5.91 Å². The van der Waals surface area contributed by atoms with Gasteiger partial charge in [0.25, 0.3) is 5.91 Å². The van der Waals surface area contributed by atoms with Crippen molar-refractivity contribution >= 4 is 5.91 Å². The van der Waals surface area contributed by atoms with Gasteiger partial charge in [0.1, 0.15) is 0 Å². The van der Waals surface area contributed by atoms with Gasteiger partial charge in [-0.05, 0) is 37.9 Å². The van der Waals surface area contributed by atoms with Crippen molar-refractivity contribution in [3.8, 4) is 0 Å². The fourth-order valence-electron chi connectivity index (χ4n) is 2.03. The Hall–Kier alpha value is -1.35. The van der Waals surface area contributed by atoms with Crippen molar-refractivity contribution in [1.82, 2.24) is 4.90 Å². The van der Waals surface area contributed by atoms with Crippen LogP contribution in [-0.4, -0.2) is 30.4 Å². The zero-order valence-electron chi connectivity index (χ0n) is 9.65. The molecule has 2 N–H and O–H groups in total. The molecule has 1 saturated heterocycles. The maximum Gasteiger partial charge on any atom is 0.253 e. The number of benzene rings is 1. The lowest BCUT2D eigenvalue weighted by Gasteiger charge is -2.39. The van der Waals surface area contributed by atoms with Gasteiger partial charge in [-0.1, -0.05) is 17.7 Å². The van der Waals surface area contributed by atoms with Gasteiger partial charge in [0.2, 0.25) is 0 Å². The molecule has 0 saturated carbocycles. The van der Waals surface area contributed by atoms with Gasteiger partial charge in [-0.15, -0.1) is 0 Å². The van der Waals surface area contributed by atoms with Crippen LogP contribution in [0, 0.1) is 12.8 Å². The van der Waals surface area contributed by atoms with Crippen molar-refractivity contribution in [3.63, 3.8) is 0 Å². The molecule has 1 aromatic rings. The Balaban J connectivity index is 1.92. The molecule has 0 aliphatic carbocycles. The average molecular weight is 218 g/mol. The molecule has 3 nitrogen and oxygen atoms in total. The van der Waals surface area contributed by atoms with Crippen molar-refractivity contribution in [1.29, 1.82) is 0 Å². The molecule has 3 heteroatoms. The summed E-state index contributed by atoms with van der Waals surface area (Å²) in [6.07, 6.45) is 1.03. The van der Waals surface area contributed by atoms with Gasteiger partial charge in [-0.2, -0.15) is 0 Å². The smallest absolute Gasteiger partial charge is 0.253 e. The van der Waals surface area contributed by atoms with Gasteiger partial charge in [0, 0.05) is 18.7 Å². The summed E-state index contributed by atoms with van der Waals surface area (Å²) in [4.78, 5) is 13.9. The molecule has 0 aromatic heterocycles. The molecular weight excluding hydrogens is 200 g/mol. The van der Waals surface area contributed by atoms with E-state index in [1.165, 1.54) is 5.56 Å². The Morgan fingerprint density at radius 3 is 2.56 bits per heavy atom. The third-order valence-corrected chi connectivity index (χ3v) is 3.12. The van der Waals surface area contributed by atoms with Gasteiger partial charge in [0.15, 0.2) is 0 Å². The average Bonchev–Trinajstić information content (AvgIpc) is 2.23. The summed E-state index contributed by atoms with van der Waals surface area (Å²) in [7, 11) is 0. The maximum atomic E-state index is 12.0. The van der Waals surface area contributed by atoms with E-state index in [0.717, 1.165) is 31.6 Å². The van der Waals surface area contributed by atoms with Crippen molar-refractivity contribution in [2.75, 3.05) is 19.6 Å². The van der Waals surface area contributed by atoms with Crippen molar-refractivity contribution in [3.05, 3.63) is 35.4 Å². The summed E-state index contributed by atoms with van der Waals surface area (Å²) in [5, 5.41) is 0. The van der Waals surface area contributed by atoms with Crippen LogP contribution in [0.5, 0.6) is 0 Å². The molecule has 16 heavy (non-hydrogen) atoms. The number of hydrogen-bond donors (Lipinski definition) is 1. The van der Waals surface area contributed by atoms with Crippen LogP contribution in [0.3, 0.4) is 0 Å². The molecule has 1 amide bonds. The first-order valence-corrected chi connectivity index (χ1v) is 5.76. The molecule has 2 rings (SSSR count). The predicted octanol–water partition coefficient (Wildman–Crippen LogP) is 1.42. The molecule has 0 unspecified atom stereocenters. The lowest BCUT2D eigenvalue weighted by Crippen LogP contribution is -2.50. The van der Waals surface area contributed by atoms with Crippen molar-refractivity contribution in [2.45, 2.75) is 13.3 Å². The normalized spacial score (nSPS) is 16.0. The van der Waals surface area contributed by atoms with Crippen LogP contribution in [0.15, 0.2) is 24.3 Å². The summed E-state index contributed by atoms with van der Waals surface area (Å²) in [6.45, 7) is 4.47. The molecule has 1 aliphatic rings. The number of nitrogens with two attached hydrogens (primary N) is 1. The van der Waals surface area contributed by atoms with Crippen LogP contribution in [0.2, 0.25) is 0 Å². The van der Waals surface area contributed by atoms with E-state index in [1.807, 2.05) is 36.1 Å². The van der Waals surface area contributed by atoms with Crippen LogP contribution in [0.25, 0.3) is 0 Å². The van der Waals surface area contributed by atoms with Crippen LogP contribution in [-0.2, 0) is 0 Å². The summed E-state index contributed by atoms with van der Waals surface area (Å²) in [5.74, 6) is 0.757. The zero-order chi connectivity index (χ0) is 11.5. The number of rotatable bonds is 3. The first kappa shape index (κ1) is 11.1. The molecule has 0 radical (unpaired) electrons. The minimum absolute atomic E-state index is 0.147. The largest absolute Gasteiger partial charge is 0.338 e.